The summed E-state index contributed by atoms with van der Waals surface area (Å²) in [5.74, 6) is 1.19. The van der Waals surface area contributed by atoms with Crippen LogP contribution < -0.4 is 10.6 Å². The molecule has 4 N–H and O–H groups in total. The Morgan fingerprint density at radius 1 is 0.590 bits per heavy atom. The van der Waals surface area contributed by atoms with Gasteiger partial charge in [0.2, 0.25) is 0 Å². The Labute approximate surface area is 370 Å². The minimum absolute atomic E-state index is 0.118. The quantitative estimate of drug-likeness (QED) is 0.0998. The topological polar surface area (TPSA) is 219 Å². The lowest BCUT2D eigenvalue weighted by Crippen LogP contribution is -2.09. The molecule has 6 aromatic heterocycles. The average molecular weight is 980 g/mol. The van der Waals surface area contributed by atoms with Gasteiger partial charge in [-0.1, -0.05) is 71.7 Å². The number of nitrogens with one attached hydrogen (secondary N) is 4. The third-order valence-corrected chi connectivity index (χ3v) is 12.1. The van der Waals surface area contributed by atoms with Gasteiger partial charge in [-0.2, -0.15) is 0 Å². The second-order valence-electron chi connectivity index (χ2n) is 13.4. The maximum Gasteiger partial charge on any atom is 0.182 e. The van der Waals surface area contributed by atoms with E-state index in [9.17, 15) is 8.42 Å². The maximum absolute atomic E-state index is 12.3. The van der Waals surface area contributed by atoms with E-state index in [-0.39, 0.29) is 11.4 Å². The van der Waals surface area contributed by atoms with E-state index < -0.39 is 9.84 Å². The molecular formula is C41H29Cl2IN14O2S. The molecule has 0 saturated carbocycles. The summed E-state index contributed by atoms with van der Waals surface area (Å²) in [5, 5.41) is 7.70. The van der Waals surface area contributed by atoms with Gasteiger partial charge in [0.05, 0.1) is 74.5 Å². The molecule has 0 fully saturated rings. The number of aromatic nitrogens is 12. The smallest absolute Gasteiger partial charge is 0.182 e. The van der Waals surface area contributed by atoms with Gasteiger partial charge in [-0.05, 0) is 59.0 Å². The van der Waals surface area contributed by atoms with E-state index in [0.717, 1.165) is 43.3 Å². The minimum atomic E-state index is -3.50. The van der Waals surface area contributed by atoms with E-state index in [0.29, 0.717) is 73.0 Å². The molecule has 0 unspecified atom stereocenters. The molecule has 0 aliphatic heterocycles. The molecular weight excluding hydrogens is 950 g/mol. The van der Waals surface area contributed by atoms with Crippen molar-refractivity contribution in [2.24, 2.45) is 0 Å². The summed E-state index contributed by atoms with van der Waals surface area (Å²) >= 11 is 15.2. The van der Waals surface area contributed by atoms with Crippen LogP contribution >= 0.6 is 45.8 Å². The molecule has 0 aliphatic rings. The van der Waals surface area contributed by atoms with Gasteiger partial charge in [0, 0.05) is 21.0 Å². The van der Waals surface area contributed by atoms with Gasteiger partial charge in [0.1, 0.15) is 34.7 Å². The van der Waals surface area contributed by atoms with Gasteiger partial charge >= 0.3 is 0 Å². The number of hydrogen-bond acceptors (Lipinski definition) is 14. The van der Waals surface area contributed by atoms with Crippen LogP contribution in [0, 0.1) is 3.57 Å². The molecule has 302 valence electrons. The van der Waals surface area contributed by atoms with Crippen LogP contribution in [0.1, 0.15) is 11.4 Å². The van der Waals surface area contributed by atoms with Crippen molar-refractivity contribution >= 4 is 112 Å². The summed E-state index contributed by atoms with van der Waals surface area (Å²) < 4.78 is 25.7. The SMILES string of the molecule is CS(=O)(=O)c1cccc2nc(-c3ccccc3Cl)c(CNc3ncnc4nc[nH]c34)nc12.Clc1ccccc1-c1nc2cccc(I)c2nc1CNc1ncnc2nc[nH]c12. The van der Waals surface area contributed by atoms with Crippen molar-refractivity contribution in [3.8, 4) is 22.5 Å². The highest BCUT2D eigenvalue weighted by molar-refractivity contribution is 14.1. The lowest BCUT2D eigenvalue weighted by Gasteiger charge is -2.14. The van der Waals surface area contributed by atoms with Gasteiger partial charge in [-0.25, -0.2) is 58.3 Å². The molecule has 0 radical (unpaired) electrons. The fraction of sp³-hybridized carbons (Fsp3) is 0.0732. The number of hydrogen-bond donors (Lipinski definition) is 4. The Hall–Kier alpha value is -6.48. The molecule has 20 heteroatoms. The summed E-state index contributed by atoms with van der Waals surface area (Å²) in [4.78, 5) is 50.6. The van der Waals surface area contributed by atoms with Gasteiger partial charge in [-0.3, -0.25) is 0 Å². The molecule has 0 aliphatic carbocycles. The number of nitrogens with zero attached hydrogens (tertiary/aromatic N) is 10. The number of aromatic amines is 2. The van der Waals surface area contributed by atoms with E-state index in [1.165, 1.54) is 25.0 Å². The predicted octanol–water partition coefficient (Wildman–Crippen LogP) is 8.47. The van der Waals surface area contributed by atoms with Gasteiger partial charge in [0.25, 0.3) is 0 Å². The monoisotopic (exact) mass is 978 g/mol. The fourth-order valence-electron chi connectivity index (χ4n) is 6.58. The fourth-order valence-corrected chi connectivity index (χ4v) is 8.46. The van der Waals surface area contributed by atoms with Crippen molar-refractivity contribution in [3.63, 3.8) is 0 Å². The second-order valence-corrected chi connectivity index (χ2v) is 17.3. The van der Waals surface area contributed by atoms with E-state index in [4.69, 9.17) is 43.1 Å². The molecule has 0 spiro atoms. The van der Waals surface area contributed by atoms with E-state index >= 15 is 0 Å². The number of benzene rings is 4. The number of sulfone groups is 1. The zero-order valence-corrected chi connectivity index (χ0v) is 36.1. The number of H-pyrrole nitrogens is 2. The van der Waals surface area contributed by atoms with Crippen molar-refractivity contribution in [2.45, 2.75) is 18.0 Å². The first-order chi connectivity index (χ1) is 29.6. The zero-order chi connectivity index (χ0) is 42.1. The van der Waals surface area contributed by atoms with Crippen molar-refractivity contribution in [2.75, 3.05) is 16.9 Å². The predicted molar refractivity (Wildman–Crippen MR) is 244 cm³/mol. The molecule has 0 amide bonds. The van der Waals surface area contributed by atoms with Crippen LogP contribution in [0.4, 0.5) is 11.6 Å². The summed E-state index contributed by atoms with van der Waals surface area (Å²) in [7, 11) is -3.50. The Kier molecular flexibility index (Phi) is 11.1. The van der Waals surface area contributed by atoms with Crippen molar-refractivity contribution in [3.05, 3.63) is 135 Å². The third kappa shape index (κ3) is 8.21. The molecule has 16 nitrogen and oxygen atoms in total. The van der Waals surface area contributed by atoms with E-state index in [2.05, 4.69) is 73.1 Å². The van der Waals surface area contributed by atoms with Crippen LogP contribution in [-0.2, 0) is 22.9 Å². The first kappa shape index (κ1) is 40.0. The third-order valence-electron chi connectivity index (χ3n) is 9.40. The summed E-state index contributed by atoms with van der Waals surface area (Å²) in [5.41, 5.74) is 9.11. The van der Waals surface area contributed by atoms with Crippen LogP contribution in [0.15, 0.2) is 115 Å². The molecule has 6 heterocycles. The highest BCUT2D eigenvalue weighted by Crippen LogP contribution is 2.33. The molecule has 10 rings (SSSR count). The van der Waals surface area contributed by atoms with Gasteiger partial charge in [-0.15, -0.1) is 0 Å². The molecule has 10 aromatic rings. The van der Waals surface area contributed by atoms with Crippen LogP contribution in [0.2, 0.25) is 10.0 Å². The number of imidazole rings is 2. The first-order valence-electron chi connectivity index (χ1n) is 18.3. The van der Waals surface area contributed by atoms with E-state index in [1.54, 1.807) is 24.5 Å². The largest absolute Gasteiger partial charge is 0.362 e. The highest BCUT2D eigenvalue weighted by Gasteiger charge is 2.20. The first-order valence-corrected chi connectivity index (χ1v) is 22.1. The zero-order valence-electron chi connectivity index (χ0n) is 31.6. The number of anilines is 2. The summed E-state index contributed by atoms with van der Waals surface area (Å²) in [6.07, 6.45) is 7.18. The Balaban J connectivity index is 0.000000157. The normalized spacial score (nSPS) is 11.5. The highest BCUT2D eigenvalue weighted by atomic mass is 127. The second kappa shape index (κ2) is 16.9. The molecule has 4 aromatic carbocycles. The lowest BCUT2D eigenvalue weighted by atomic mass is 10.1. The number of rotatable bonds is 9. The average Bonchev–Trinajstić information content (AvgIpc) is 3.96. The number of halogens is 3. The van der Waals surface area contributed by atoms with Crippen LogP contribution in [0.5, 0.6) is 0 Å². The van der Waals surface area contributed by atoms with Crippen molar-refractivity contribution in [1.29, 1.82) is 0 Å². The number of para-hydroxylation sites is 2. The molecule has 61 heavy (non-hydrogen) atoms. The Bertz CT molecular complexity index is 3390. The van der Waals surface area contributed by atoms with Crippen molar-refractivity contribution in [1.82, 2.24) is 59.8 Å². The van der Waals surface area contributed by atoms with Crippen LogP contribution in [0.25, 0.3) is 66.9 Å². The van der Waals surface area contributed by atoms with Crippen molar-refractivity contribution < 1.29 is 8.42 Å². The molecule has 0 bridgehead atoms. The van der Waals surface area contributed by atoms with E-state index in [1.807, 2.05) is 60.7 Å². The Morgan fingerprint density at radius 3 is 1.61 bits per heavy atom. The number of fused-ring (bicyclic) bond motifs is 4. The molecule has 0 atom stereocenters. The minimum Gasteiger partial charge on any atom is -0.362 e. The summed E-state index contributed by atoms with van der Waals surface area (Å²) in [6.45, 7) is 0.631. The van der Waals surface area contributed by atoms with Crippen LogP contribution in [0.3, 0.4) is 0 Å². The van der Waals surface area contributed by atoms with Crippen LogP contribution in [-0.4, -0.2) is 74.5 Å². The van der Waals surface area contributed by atoms with Gasteiger partial charge < -0.3 is 20.6 Å². The standard InChI is InChI=1S/C21H16ClN7O2S.C20H13ClIN7/c1-32(30,31)16-8-4-7-14-18(16)29-15(17(28-14)12-5-2-3-6-13(12)22)9-23-20-19-21(25-10-24-19)27-11-26-20;21-12-5-2-1-4-11(12)16-15(29-17-13(22)6-3-7-14(17)28-16)8-23-19-18-20(25-9-24-18)27-10-26-19/h2-8,10-11H,9H2,1H3,(H2,23,24,25,26,27);1-7,9-10H,8H2,(H2,23,24,25,26,27). The summed E-state index contributed by atoms with van der Waals surface area (Å²) in [6, 6.07) is 25.8. The van der Waals surface area contributed by atoms with Gasteiger partial charge in [0.15, 0.2) is 32.8 Å². The lowest BCUT2D eigenvalue weighted by molar-refractivity contribution is 0.602. The molecule has 0 saturated heterocycles. The maximum atomic E-state index is 12.3. The Morgan fingerprint density at radius 2 is 1.08 bits per heavy atom.